The molecule has 1 aliphatic heterocycles. The molecule has 0 saturated heterocycles. The van der Waals surface area contributed by atoms with Crippen LogP contribution < -0.4 is 10.6 Å². The fraction of sp³-hybridized carbons (Fsp3) is 0.273. The molecule has 2 heterocycles. The van der Waals surface area contributed by atoms with Crippen molar-refractivity contribution in [2.75, 3.05) is 4.90 Å². The number of benzene rings is 1. The molecular formula is C22H18F3N3OS. The number of carbonyl (C=O) groups is 1. The normalized spacial score (nSPS) is 19.8. The summed E-state index contributed by atoms with van der Waals surface area (Å²) in [6, 6.07) is 10.6. The van der Waals surface area contributed by atoms with Gasteiger partial charge in [0.05, 0.1) is 23.1 Å². The number of hydrogen-bond acceptors (Lipinski definition) is 5. The summed E-state index contributed by atoms with van der Waals surface area (Å²) in [6.07, 6.45) is -2.89. The van der Waals surface area contributed by atoms with Crippen LogP contribution in [0.15, 0.2) is 59.1 Å². The van der Waals surface area contributed by atoms with Gasteiger partial charge in [0.15, 0.2) is 5.78 Å². The molecule has 1 aromatic heterocycles. The molecule has 0 radical (unpaired) electrons. The van der Waals surface area contributed by atoms with E-state index in [2.05, 4.69) is 6.07 Å². The van der Waals surface area contributed by atoms with Crippen LogP contribution in [0.1, 0.15) is 40.5 Å². The average molecular weight is 429 g/mol. The maximum Gasteiger partial charge on any atom is 0.416 e. The van der Waals surface area contributed by atoms with E-state index in [1.54, 1.807) is 4.90 Å². The number of carbonyl (C=O) groups excluding carboxylic acids is 1. The smallest absolute Gasteiger partial charge is 0.384 e. The number of hydrogen-bond donors (Lipinski definition) is 1. The lowest BCUT2D eigenvalue weighted by Gasteiger charge is -2.39. The second-order valence-electron chi connectivity index (χ2n) is 7.31. The first-order valence-electron chi connectivity index (χ1n) is 9.42. The fourth-order valence-electron chi connectivity index (χ4n) is 4.07. The zero-order valence-electron chi connectivity index (χ0n) is 16.1. The summed E-state index contributed by atoms with van der Waals surface area (Å²) in [5.41, 5.74) is 7.45. The van der Waals surface area contributed by atoms with Gasteiger partial charge >= 0.3 is 6.18 Å². The number of aryl methyl sites for hydroxylation is 1. The third-order valence-corrected chi connectivity index (χ3v) is 6.48. The lowest BCUT2D eigenvalue weighted by Crippen LogP contribution is -2.38. The first-order valence-corrected chi connectivity index (χ1v) is 10.2. The predicted octanol–water partition coefficient (Wildman–Crippen LogP) is 5.38. The minimum absolute atomic E-state index is 0.0514. The van der Waals surface area contributed by atoms with Crippen molar-refractivity contribution in [2.45, 2.75) is 38.3 Å². The molecule has 1 aromatic carbocycles. The molecular weight excluding hydrogens is 411 g/mol. The largest absolute Gasteiger partial charge is 0.416 e. The predicted molar refractivity (Wildman–Crippen MR) is 108 cm³/mol. The van der Waals surface area contributed by atoms with Crippen molar-refractivity contribution < 1.29 is 18.0 Å². The number of nitrogens with two attached hydrogens (primary N) is 1. The minimum Gasteiger partial charge on any atom is -0.384 e. The van der Waals surface area contributed by atoms with Gasteiger partial charge in [0.25, 0.3) is 0 Å². The number of allylic oxidation sites excluding steroid dienone is 3. The molecule has 0 fully saturated rings. The maximum absolute atomic E-state index is 13.0. The summed E-state index contributed by atoms with van der Waals surface area (Å²) in [7, 11) is 0. The van der Waals surface area contributed by atoms with E-state index in [0.29, 0.717) is 36.2 Å². The number of anilines is 1. The van der Waals surface area contributed by atoms with Gasteiger partial charge in [-0.15, -0.1) is 11.3 Å². The number of ketones is 1. The number of rotatable bonds is 2. The van der Waals surface area contributed by atoms with Crippen LogP contribution in [0.5, 0.6) is 0 Å². The highest BCUT2D eigenvalue weighted by Crippen LogP contribution is 2.47. The van der Waals surface area contributed by atoms with Crippen LogP contribution in [0.25, 0.3) is 0 Å². The summed E-state index contributed by atoms with van der Waals surface area (Å²) in [4.78, 5) is 16.4. The highest BCUT2D eigenvalue weighted by Gasteiger charge is 2.41. The zero-order valence-corrected chi connectivity index (χ0v) is 16.9. The number of alkyl halides is 3. The number of nitriles is 1. The summed E-state index contributed by atoms with van der Waals surface area (Å²) in [5.74, 6) is -0.437. The molecule has 154 valence electrons. The van der Waals surface area contributed by atoms with E-state index >= 15 is 0 Å². The first-order chi connectivity index (χ1) is 14.2. The lowest BCUT2D eigenvalue weighted by molar-refractivity contribution is -0.137. The van der Waals surface area contributed by atoms with Crippen molar-refractivity contribution in [3.63, 3.8) is 0 Å². The fourth-order valence-corrected chi connectivity index (χ4v) is 5.07. The van der Waals surface area contributed by atoms with Crippen molar-refractivity contribution in [3.05, 3.63) is 74.4 Å². The molecule has 0 spiro atoms. The molecule has 2 aliphatic rings. The molecule has 30 heavy (non-hydrogen) atoms. The third-order valence-electron chi connectivity index (χ3n) is 5.41. The van der Waals surface area contributed by atoms with Crippen molar-refractivity contribution in [2.24, 2.45) is 5.73 Å². The van der Waals surface area contributed by atoms with Crippen molar-refractivity contribution >= 4 is 22.8 Å². The number of Topliss-reactive ketones (excluding diaryl/α,β-unsaturated/α-hetero) is 1. The van der Waals surface area contributed by atoms with Gasteiger partial charge < -0.3 is 5.73 Å². The van der Waals surface area contributed by atoms with E-state index in [9.17, 15) is 23.2 Å². The van der Waals surface area contributed by atoms with E-state index in [4.69, 9.17) is 5.73 Å². The molecule has 0 bridgehead atoms. The van der Waals surface area contributed by atoms with E-state index in [0.717, 1.165) is 21.9 Å². The monoisotopic (exact) mass is 429 g/mol. The van der Waals surface area contributed by atoms with Crippen LogP contribution >= 0.6 is 11.3 Å². The van der Waals surface area contributed by atoms with E-state index < -0.39 is 17.7 Å². The van der Waals surface area contributed by atoms with Gasteiger partial charge in [-0.25, -0.2) is 0 Å². The molecule has 0 saturated carbocycles. The molecule has 2 N–H and O–H groups in total. The molecule has 4 rings (SSSR count). The van der Waals surface area contributed by atoms with Crippen molar-refractivity contribution in [1.82, 2.24) is 0 Å². The molecule has 0 amide bonds. The zero-order chi connectivity index (χ0) is 21.6. The van der Waals surface area contributed by atoms with Gasteiger partial charge in [-0.2, -0.15) is 18.4 Å². The number of nitrogens with zero attached hydrogens (tertiary/aromatic N) is 2. The Morgan fingerprint density at radius 3 is 2.43 bits per heavy atom. The van der Waals surface area contributed by atoms with Crippen LogP contribution in [-0.4, -0.2) is 5.78 Å². The minimum atomic E-state index is -4.45. The number of halogens is 3. The van der Waals surface area contributed by atoms with Gasteiger partial charge in [-0.3, -0.25) is 9.69 Å². The van der Waals surface area contributed by atoms with Gasteiger partial charge in [0.2, 0.25) is 0 Å². The SMILES string of the molecule is Cc1ccc(C2C(C#N)=C(N)N(c3ccc(C(F)(F)F)cc3)C3=C2C(=O)CCC3)s1. The van der Waals surface area contributed by atoms with Crippen LogP contribution in [0.3, 0.4) is 0 Å². The van der Waals surface area contributed by atoms with Crippen LogP contribution in [0, 0.1) is 18.3 Å². The Labute approximate surface area is 175 Å². The van der Waals surface area contributed by atoms with Crippen LogP contribution in [0.4, 0.5) is 18.9 Å². The number of thiophene rings is 1. The Hall–Kier alpha value is -3.05. The maximum atomic E-state index is 13.0. The highest BCUT2D eigenvalue weighted by molar-refractivity contribution is 7.12. The Bertz CT molecular complexity index is 1120. The molecule has 2 aromatic rings. The molecule has 1 atom stereocenters. The van der Waals surface area contributed by atoms with Crippen molar-refractivity contribution in [3.8, 4) is 6.07 Å². The van der Waals surface area contributed by atoms with E-state index in [1.165, 1.54) is 23.5 Å². The Balaban J connectivity index is 1.90. The summed E-state index contributed by atoms with van der Waals surface area (Å²) >= 11 is 1.50. The van der Waals surface area contributed by atoms with Gasteiger partial charge in [-0.05, 0) is 56.2 Å². The Morgan fingerprint density at radius 1 is 1.17 bits per heavy atom. The summed E-state index contributed by atoms with van der Waals surface area (Å²) < 4.78 is 38.9. The summed E-state index contributed by atoms with van der Waals surface area (Å²) in [5, 5.41) is 9.90. The lowest BCUT2D eigenvalue weighted by atomic mass is 9.78. The van der Waals surface area contributed by atoms with Crippen LogP contribution in [-0.2, 0) is 11.0 Å². The standard InChI is InChI=1S/C22H18F3N3OS/c1-12-5-10-18(30-12)19-15(11-26)21(27)28(16-3-2-4-17(29)20(16)19)14-8-6-13(7-9-14)22(23,24)25/h5-10,19H,2-4,27H2,1H3. The van der Waals surface area contributed by atoms with Crippen molar-refractivity contribution in [1.29, 1.82) is 5.26 Å². The highest BCUT2D eigenvalue weighted by atomic mass is 32.1. The molecule has 1 aliphatic carbocycles. The third kappa shape index (κ3) is 3.29. The van der Waals surface area contributed by atoms with E-state index in [-0.39, 0.29) is 17.2 Å². The second kappa shape index (κ2) is 7.33. The molecule has 1 unspecified atom stereocenters. The second-order valence-corrected chi connectivity index (χ2v) is 8.63. The molecule has 4 nitrogen and oxygen atoms in total. The van der Waals surface area contributed by atoms with Gasteiger partial charge in [-0.1, -0.05) is 0 Å². The van der Waals surface area contributed by atoms with E-state index in [1.807, 2.05) is 19.1 Å². The topological polar surface area (TPSA) is 70.1 Å². The Kier molecular flexibility index (Phi) is 4.94. The van der Waals surface area contributed by atoms with Gasteiger partial charge in [0.1, 0.15) is 5.82 Å². The van der Waals surface area contributed by atoms with Gasteiger partial charge in [0, 0.05) is 33.1 Å². The average Bonchev–Trinajstić information content (AvgIpc) is 3.13. The quantitative estimate of drug-likeness (QED) is 0.696. The first kappa shape index (κ1) is 20.2. The summed E-state index contributed by atoms with van der Waals surface area (Å²) in [6.45, 7) is 1.95. The Morgan fingerprint density at radius 2 is 1.87 bits per heavy atom. The van der Waals surface area contributed by atoms with Crippen LogP contribution in [0.2, 0.25) is 0 Å². The molecule has 8 heteroatoms.